The molecule has 0 aliphatic rings. The molecule has 1 amide bonds. The number of ether oxygens (including phenoxy) is 1. The van der Waals surface area contributed by atoms with Crippen LogP contribution in [-0.4, -0.2) is 68.0 Å². The first-order chi connectivity index (χ1) is 12.9. The molecule has 140 valence electrons. The maximum atomic E-state index is 12.3. The average molecular weight is 386 g/mol. The Labute approximate surface area is 159 Å². The van der Waals surface area contributed by atoms with Crippen molar-refractivity contribution in [3.8, 4) is 11.4 Å². The lowest BCUT2D eigenvalue weighted by atomic mass is 10.3. The number of carbonyl (C=O) groups excluding carboxylic acids is 2. The molecule has 9 nitrogen and oxygen atoms in total. The van der Waals surface area contributed by atoms with Crippen molar-refractivity contribution in [2.24, 2.45) is 0 Å². The number of aromatic nitrogens is 5. The monoisotopic (exact) mass is 386 g/mol. The predicted molar refractivity (Wildman–Crippen MR) is 100 cm³/mol. The summed E-state index contributed by atoms with van der Waals surface area (Å²) >= 11 is 1.05. The molecule has 0 radical (unpaired) electrons. The van der Waals surface area contributed by atoms with Crippen molar-refractivity contribution < 1.29 is 14.3 Å². The Bertz CT molecular complexity index is 1000. The number of hydrogen-bond donors (Lipinski definition) is 0. The van der Waals surface area contributed by atoms with Crippen LogP contribution in [0.2, 0.25) is 0 Å². The molecule has 0 N–H and O–H groups in total. The molecule has 3 aromatic rings. The van der Waals surface area contributed by atoms with E-state index in [0.717, 1.165) is 17.4 Å². The first-order valence-electron chi connectivity index (χ1n) is 8.01. The second-order valence-corrected chi connectivity index (χ2v) is 6.99. The van der Waals surface area contributed by atoms with E-state index in [1.807, 2.05) is 18.2 Å². The van der Waals surface area contributed by atoms with Crippen molar-refractivity contribution in [1.29, 1.82) is 0 Å². The molecule has 2 aromatic heterocycles. The standard InChI is InChI=1S/C17H18N6O3S/c1-10(24)14(17(25)22(2)3)27-16-13-15(18-9-19-16)23(21-20-13)11-6-5-7-12(8-11)26-4/h5-9,14H,1-4H3/t14-/m0/s1. The Morgan fingerprint density at radius 2 is 2.04 bits per heavy atom. The number of benzene rings is 1. The summed E-state index contributed by atoms with van der Waals surface area (Å²) in [5.41, 5.74) is 1.61. The Kier molecular flexibility index (Phi) is 5.36. The van der Waals surface area contributed by atoms with Crippen LogP contribution >= 0.6 is 11.8 Å². The predicted octanol–water partition coefficient (Wildman–Crippen LogP) is 1.36. The number of ketones is 1. The van der Waals surface area contributed by atoms with Gasteiger partial charge in [-0.15, -0.1) is 5.10 Å². The normalized spacial score (nSPS) is 12.0. The van der Waals surface area contributed by atoms with E-state index in [0.29, 0.717) is 21.9 Å². The highest BCUT2D eigenvalue weighted by atomic mass is 32.2. The fourth-order valence-corrected chi connectivity index (χ4v) is 3.44. The Morgan fingerprint density at radius 1 is 1.26 bits per heavy atom. The Balaban J connectivity index is 2.03. The number of rotatable bonds is 6. The van der Waals surface area contributed by atoms with Gasteiger partial charge in [-0.05, 0) is 19.1 Å². The molecule has 1 aromatic carbocycles. The summed E-state index contributed by atoms with van der Waals surface area (Å²) in [6, 6.07) is 7.31. The van der Waals surface area contributed by atoms with Gasteiger partial charge in [0.25, 0.3) is 0 Å². The second-order valence-electron chi connectivity index (χ2n) is 5.89. The van der Waals surface area contributed by atoms with Gasteiger partial charge in [-0.1, -0.05) is 23.0 Å². The lowest BCUT2D eigenvalue weighted by Gasteiger charge is -2.17. The molecular weight excluding hydrogens is 368 g/mol. The Morgan fingerprint density at radius 3 is 2.70 bits per heavy atom. The number of amides is 1. The zero-order valence-corrected chi connectivity index (χ0v) is 16.1. The third kappa shape index (κ3) is 3.75. The van der Waals surface area contributed by atoms with Crippen LogP contribution in [0, 0.1) is 0 Å². The van der Waals surface area contributed by atoms with E-state index in [-0.39, 0.29) is 11.7 Å². The minimum atomic E-state index is -0.903. The van der Waals surface area contributed by atoms with Crippen LogP contribution in [0.4, 0.5) is 0 Å². The summed E-state index contributed by atoms with van der Waals surface area (Å²) in [7, 11) is 4.79. The Hall–Kier alpha value is -3.01. The van der Waals surface area contributed by atoms with Gasteiger partial charge in [-0.2, -0.15) is 4.68 Å². The van der Waals surface area contributed by atoms with Crippen molar-refractivity contribution in [2.45, 2.75) is 17.2 Å². The number of carbonyl (C=O) groups is 2. The van der Waals surface area contributed by atoms with Gasteiger partial charge >= 0.3 is 0 Å². The number of hydrogen-bond acceptors (Lipinski definition) is 8. The molecule has 2 heterocycles. The molecule has 0 aliphatic heterocycles. The van der Waals surface area contributed by atoms with Gasteiger partial charge in [0.1, 0.15) is 22.4 Å². The van der Waals surface area contributed by atoms with Crippen molar-refractivity contribution in [3.63, 3.8) is 0 Å². The molecule has 0 bridgehead atoms. The zero-order chi connectivity index (χ0) is 19.6. The first kappa shape index (κ1) is 18.8. The molecular formula is C17H18N6O3S. The number of nitrogens with zero attached hydrogens (tertiary/aromatic N) is 6. The minimum Gasteiger partial charge on any atom is -0.497 e. The van der Waals surface area contributed by atoms with E-state index in [1.165, 1.54) is 18.2 Å². The van der Waals surface area contributed by atoms with E-state index < -0.39 is 5.25 Å². The molecule has 0 spiro atoms. The summed E-state index contributed by atoms with van der Waals surface area (Å²) in [6.45, 7) is 1.38. The number of thioether (sulfide) groups is 1. The number of Topliss-reactive ketones (excluding diaryl/α,β-unsaturated/α-hetero) is 1. The van der Waals surface area contributed by atoms with E-state index >= 15 is 0 Å². The summed E-state index contributed by atoms with van der Waals surface area (Å²) in [4.78, 5) is 34.1. The van der Waals surface area contributed by atoms with Gasteiger partial charge in [-0.3, -0.25) is 9.59 Å². The van der Waals surface area contributed by atoms with Crippen LogP contribution in [-0.2, 0) is 9.59 Å². The number of methoxy groups -OCH3 is 1. The van der Waals surface area contributed by atoms with Gasteiger partial charge in [0.2, 0.25) is 5.91 Å². The molecule has 1 atom stereocenters. The molecule has 27 heavy (non-hydrogen) atoms. The molecule has 3 rings (SSSR count). The zero-order valence-electron chi connectivity index (χ0n) is 15.3. The van der Waals surface area contributed by atoms with Gasteiger partial charge in [0.05, 0.1) is 12.8 Å². The molecule has 0 fully saturated rings. The fourth-order valence-electron chi connectivity index (χ4n) is 2.38. The maximum Gasteiger partial charge on any atom is 0.243 e. The van der Waals surface area contributed by atoms with Gasteiger partial charge < -0.3 is 9.64 Å². The van der Waals surface area contributed by atoms with Crippen molar-refractivity contribution >= 4 is 34.6 Å². The summed E-state index contributed by atoms with van der Waals surface area (Å²) in [5, 5.41) is 7.82. The maximum absolute atomic E-state index is 12.3. The van der Waals surface area contributed by atoms with E-state index in [9.17, 15) is 9.59 Å². The quantitative estimate of drug-likeness (QED) is 0.355. The molecule has 0 saturated carbocycles. The average Bonchev–Trinajstić information content (AvgIpc) is 3.10. The van der Waals surface area contributed by atoms with Gasteiger partial charge in [0.15, 0.2) is 16.9 Å². The van der Waals surface area contributed by atoms with Crippen molar-refractivity contribution in [2.75, 3.05) is 21.2 Å². The SMILES string of the molecule is COc1cccc(-n2nnc3c(S[C@@H](C(C)=O)C(=O)N(C)C)ncnc32)c1. The highest BCUT2D eigenvalue weighted by molar-refractivity contribution is 8.01. The van der Waals surface area contributed by atoms with Crippen LogP contribution in [0.5, 0.6) is 5.75 Å². The minimum absolute atomic E-state index is 0.259. The van der Waals surface area contributed by atoms with Crippen LogP contribution in [0.1, 0.15) is 6.92 Å². The molecule has 0 aliphatic carbocycles. The lowest BCUT2D eigenvalue weighted by molar-refractivity contribution is -0.132. The molecule has 0 saturated heterocycles. The van der Waals surface area contributed by atoms with Crippen LogP contribution in [0.25, 0.3) is 16.9 Å². The van der Waals surface area contributed by atoms with Crippen LogP contribution in [0.3, 0.4) is 0 Å². The topological polar surface area (TPSA) is 103 Å². The smallest absolute Gasteiger partial charge is 0.243 e. The fraction of sp³-hybridized carbons (Fsp3) is 0.294. The third-order valence-electron chi connectivity index (χ3n) is 3.77. The summed E-state index contributed by atoms with van der Waals surface area (Å²) in [6.07, 6.45) is 1.36. The van der Waals surface area contributed by atoms with Gasteiger partial charge in [-0.25, -0.2) is 9.97 Å². The van der Waals surface area contributed by atoms with Crippen molar-refractivity contribution in [3.05, 3.63) is 30.6 Å². The van der Waals surface area contributed by atoms with E-state index in [2.05, 4.69) is 20.3 Å². The van der Waals surface area contributed by atoms with Crippen LogP contribution < -0.4 is 4.74 Å². The lowest BCUT2D eigenvalue weighted by Crippen LogP contribution is -2.36. The highest BCUT2D eigenvalue weighted by Crippen LogP contribution is 2.29. The summed E-state index contributed by atoms with van der Waals surface area (Å²) < 4.78 is 6.79. The van der Waals surface area contributed by atoms with E-state index in [4.69, 9.17) is 4.74 Å². The largest absolute Gasteiger partial charge is 0.497 e. The third-order valence-corrected chi connectivity index (χ3v) is 5.06. The van der Waals surface area contributed by atoms with E-state index in [1.54, 1.807) is 32.0 Å². The van der Waals surface area contributed by atoms with Crippen LogP contribution in [0.15, 0.2) is 35.6 Å². The highest BCUT2D eigenvalue weighted by Gasteiger charge is 2.28. The molecule has 0 unspecified atom stereocenters. The van der Waals surface area contributed by atoms with Gasteiger partial charge in [0, 0.05) is 20.2 Å². The number of fused-ring (bicyclic) bond motifs is 1. The first-order valence-corrected chi connectivity index (χ1v) is 8.89. The second kappa shape index (κ2) is 7.70. The van der Waals surface area contributed by atoms with Crippen molar-refractivity contribution in [1.82, 2.24) is 29.9 Å². The molecule has 10 heteroatoms. The summed E-state index contributed by atoms with van der Waals surface area (Å²) in [5.74, 6) is 0.109.